The van der Waals surface area contributed by atoms with Gasteiger partial charge >= 0.3 is 11.9 Å². The second-order valence-electron chi connectivity index (χ2n) is 7.30. The predicted octanol–water partition coefficient (Wildman–Crippen LogP) is 4.38. The highest BCUT2D eigenvalue weighted by Crippen LogP contribution is 2.34. The van der Waals surface area contributed by atoms with Crippen molar-refractivity contribution in [3.8, 4) is 23.0 Å². The summed E-state index contributed by atoms with van der Waals surface area (Å²) < 4.78 is 27.1. The van der Waals surface area contributed by atoms with Gasteiger partial charge in [-0.25, -0.2) is 14.6 Å². The molecule has 0 fully saturated rings. The lowest BCUT2D eigenvalue weighted by atomic mass is 10.1. The van der Waals surface area contributed by atoms with E-state index >= 15 is 0 Å². The lowest BCUT2D eigenvalue weighted by Crippen LogP contribution is -2.09. The Morgan fingerprint density at radius 1 is 1.00 bits per heavy atom. The molecule has 0 N–H and O–H groups in total. The van der Waals surface area contributed by atoms with Crippen LogP contribution in [0.3, 0.4) is 0 Å². The van der Waals surface area contributed by atoms with Crippen LogP contribution in [0.25, 0.3) is 6.08 Å². The van der Waals surface area contributed by atoms with E-state index in [0.29, 0.717) is 40.5 Å². The van der Waals surface area contributed by atoms with Crippen LogP contribution < -0.4 is 18.9 Å². The third-order valence-corrected chi connectivity index (χ3v) is 5.02. The summed E-state index contributed by atoms with van der Waals surface area (Å²) in [7, 11) is 0. The molecule has 8 heteroatoms. The molecular weight excluding hydrogens is 438 g/mol. The predicted molar refractivity (Wildman–Crippen MR) is 122 cm³/mol. The van der Waals surface area contributed by atoms with Crippen molar-refractivity contribution in [3.63, 3.8) is 0 Å². The van der Waals surface area contributed by atoms with Crippen LogP contribution in [-0.2, 0) is 9.53 Å². The summed E-state index contributed by atoms with van der Waals surface area (Å²) in [5, 5.41) is 0. The number of nitrogens with zero attached hydrogens (tertiary/aromatic N) is 1. The minimum atomic E-state index is -0.568. The number of ether oxygens (including phenoxy) is 5. The number of cyclic esters (lactones) is 1. The Balaban J connectivity index is 1.38. The molecule has 0 unspecified atom stereocenters. The minimum Gasteiger partial charge on any atom is -0.490 e. The Bertz CT molecular complexity index is 1330. The molecule has 2 aliphatic rings. The van der Waals surface area contributed by atoms with E-state index in [1.165, 1.54) is 0 Å². The first kappa shape index (κ1) is 21.3. The van der Waals surface area contributed by atoms with Crippen molar-refractivity contribution >= 4 is 23.9 Å². The molecule has 0 saturated heterocycles. The highest BCUT2D eigenvalue weighted by molar-refractivity contribution is 6.12. The Morgan fingerprint density at radius 3 is 2.65 bits per heavy atom. The van der Waals surface area contributed by atoms with Gasteiger partial charge in [-0.05, 0) is 61.0 Å². The van der Waals surface area contributed by atoms with Crippen molar-refractivity contribution in [1.29, 1.82) is 0 Å². The topological polar surface area (TPSA) is 92.7 Å². The van der Waals surface area contributed by atoms with Gasteiger partial charge in [-0.2, -0.15) is 0 Å². The monoisotopic (exact) mass is 457 g/mol. The molecule has 0 atom stereocenters. The summed E-state index contributed by atoms with van der Waals surface area (Å²) in [6, 6.07) is 19.0. The van der Waals surface area contributed by atoms with Crippen LogP contribution in [0, 0.1) is 0 Å². The van der Waals surface area contributed by atoms with Crippen molar-refractivity contribution in [2.45, 2.75) is 6.92 Å². The van der Waals surface area contributed by atoms with Crippen molar-refractivity contribution in [1.82, 2.24) is 0 Å². The van der Waals surface area contributed by atoms with Gasteiger partial charge in [-0.15, -0.1) is 0 Å². The maximum absolute atomic E-state index is 12.7. The maximum atomic E-state index is 12.7. The van der Waals surface area contributed by atoms with E-state index in [1.807, 2.05) is 37.3 Å². The second-order valence-corrected chi connectivity index (χ2v) is 7.30. The quantitative estimate of drug-likeness (QED) is 0.308. The summed E-state index contributed by atoms with van der Waals surface area (Å²) >= 11 is 0. The molecule has 0 aliphatic carbocycles. The van der Waals surface area contributed by atoms with Crippen molar-refractivity contribution in [2.24, 2.45) is 4.99 Å². The van der Waals surface area contributed by atoms with Crippen LogP contribution >= 0.6 is 0 Å². The summed E-state index contributed by atoms with van der Waals surface area (Å²) in [5.74, 6) is 0.791. The zero-order chi connectivity index (χ0) is 23.5. The number of hydrogen-bond donors (Lipinski definition) is 0. The smallest absolute Gasteiger partial charge is 0.363 e. The van der Waals surface area contributed by atoms with Gasteiger partial charge in [0, 0.05) is 5.56 Å². The number of fused-ring (bicyclic) bond motifs is 1. The number of carbonyl (C=O) groups excluding carboxylic acids is 2. The van der Waals surface area contributed by atoms with Crippen molar-refractivity contribution < 1.29 is 33.3 Å². The third-order valence-electron chi connectivity index (χ3n) is 5.02. The number of benzene rings is 3. The van der Waals surface area contributed by atoms with Crippen LogP contribution in [-0.4, -0.2) is 31.2 Å². The Hall–Kier alpha value is -4.59. The first-order chi connectivity index (χ1) is 16.6. The van der Waals surface area contributed by atoms with E-state index in [2.05, 4.69) is 4.99 Å². The molecule has 0 saturated carbocycles. The highest BCUT2D eigenvalue weighted by Gasteiger charge is 2.24. The fraction of sp³-hybridized carbons (Fsp3) is 0.115. The molecule has 0 aromatic heterocycles. The maximum Gasteiger partial charge on any atom is 0.363 e. The van der Waals surface area contributed by atoms with Gasteiger partial charge in [-0.3, -0.25) is 0 Å². The van der Waals surface area contributed by atoms with E-state index in [0.717, 1.165) is 0 Å². The van der Waals surface area contributed by atoms with Gasteiger partial charge in [-0.1, -0.05) is 24.3 Å². The molecule has 170 valence electrons. The molecular formula is C26H19NO7. The number of aliphatic imine (C=N–C) groups is 1. The number of hydrogen-bond acceptors (Lipinski definition) is 8. The minimum absolute atomic E-state index is 0.115. The van der Waals surface area contributed by atoms with Gasteiger partial charge in [0.05, 0.1) is 12.2 Å². The van der Waals surface area contributed by atoms with Crippen molar-refractivity contribution in [3.05, 3.63) is 89.1 Å². The van der Waals surface area contributed by atoms with E-state index < -0.39 is 11.9 Å². The standard InChI is InChI=1S/C26H19NO7/c1-2-30-22-13-16(12-19-26(29)34-24(27-19)17-6-4-3-5-7-17)8-10-21(22)33-25(28)18-9-11-20-23(14-18)32-15-31-20/h3-14H,2,15H2,1H3/b19-12-. The summed E-state index contributed by atoms with van der Waals surface area (Å²) in [4.78, 5) is 29.3. The first-order valence-corrected chi connectivity index (χ1v) is 10.6. The number of rotatable bonds is 6. The average Bonchev–Trinajstić information content (AvgIpc) is 3.47. The van der Waals surface area contributed by atoms with Gasteiger partial charge < -0.3 is 23.7 Å². The second kappa shape index (κ2) is 9.11. The fourth-order valence-corrected chi connectivity index (χ4v) is 3.42. The third kappa shape index (κ3) is 4.33. The van der Waals surface area contributed by atoms with E-state index in [4.69, 9.17) is 23.7 Å². The summed E-state index contributed by atoms with van der Waals surface area (Å²) in [6.07, 6.45) is 1.59. The molecule has 0 bridgehead atoms. The Morgan fingerprint density at radius 2 is 1.82 bits per heavy atom. The lowest BCUT2D eigenvalue weighted by molar-refractivity contribution is -0.129. The number of esters is 2. The first-order valence-electron chi connectivity index (χ1n) is 10.6. The van der Waals surface area contributed by atoms with Gasteiger partial charge in [0.25, 0.3) is 0 Å². The van der Waals surface area contributed by atoms with Crippen LogP contribution in [0.5, 0.6) is 23.0 Å². The molecule has 2 aliphatic heterocycles. The molecule has 0 amide bonds. The Labute approximate surface area is 195 Å². The van der Waals surface area contributed by atoms with Crippen LogP contribution in [0.4, 0.5) is 0 Å². The molecule has 0 radical (unpaired) electrons. The normalized spacial score (nSPS) is 15.1. The van der Waals surface area contributed by atoms with E-state index in [9.17, 15) is 9.59 Å². The zero-order valence-electron chi connectivity index (χ0n) is 18.1. The molecule has 3 aromatic carbocycles. The average molecular weight is 457 g/mol. The summed E-state index contributed by atoms with van der Waals surface area (Å²) in [6.45, 7) is 2.29. The molecule has 8 nitrogen and oxygen atoms in total. The lowest BCUT2D eigenvalue weighted by Gasteiger charge is -2.11. The van der Waals surface area contributed by atoms with Gasteiger partial charge in [0.2, 0.25) is 12.7 Å². The highest BCUT2D eigenvalue weighted by atomic mass is 16.7. The number of carbonyl (C=O) groups is 2. The van der Waals surface area contributed by atoms with E-state index in [1.54, 1.807) is 42.5 Å². The summed E-state index contributed by atoms with van der Waals surface area (Å²) in [5.41, 5.74) is 1.82. The van der Waals surface area contributed by atoms with Crippen LogP contribution in [0.2, 0.25) is 0 Å². The Kier molecular flexibility index (Phi) is 5.70. The van der Waals surface area contributed by atoms with Crippen molar-refractivity contribution in [2.75, 3.05) is 13.4 Å². The van der Waals surface area contributed by atoms with Crippen LogP contribution in [0.1, 0.15) is 28.4 Å². The van der Waals surface area contributed by atoms with Gasteiger partial charge in [0.15, 0.2) is 28.7 Å². The van der Waals surface area contributed by atoms with Crippen LogP contribution in [0.15, 0.2) is 77.4 Å². The van der Waals surface area contributed by atoms with Gasteiger partial charge in [0.1, 0.15) is 0 Å². The van der Waals surface area contributed by atoms with E-state index in [-0.39, 0.29) is 24.1 Å². The zero-order valence-corrected chi connectivity index (χ0v) is 18.1. The molecule has 5 rings (SSSR count). The molecule has 3 aromatic rings. The molecule has 34 heavy (non-hydrogen) atoms. The molecule has 2 heterocycles. The fourth-order valence-electron chi connectivity index (χ4n) is 3.42. The SMILES string of the molecule is CCOc1cc(/C=C2\N=C(c3ccccc3)OC2=O)ccc1OC(=O)c1ccc2c(c1)OCO2. The largest absolute Gasteiger partial charge is 0.490 e. The molecule has 0 spiro atoms.